The van der Waals surface area contributed by atoms with E-state index < -0.39 is 0 Å². The monoisotopic (exact) mass is 395 g/mol. The summed E-state index contributed by atoms with van der Waals surface area (Å²) in [6.07, 6.45) is 2.97. The summed E-state index contributed by atoms with van der Waals surface area (Å²) in [6, 6.07) is 7.34. The van der Waals surface area contributed by atoms with E-state index >= 15 is 0 Å². The van der Waals surface area contributed by atoms with E-state index in [2.05, 4.69) is 17.2 Å². The van der Waals surface area contributed by atoms with E-state index in [9.17, 15) is 14.4 Å². The molecule has 2 heterocycles. The molecule has 0 bridgehead atoms. The number of carbonyl (C=O) groups excluding carboxylic acids is 2. The van der Waals surface area contributed by atoms with Crippen molar-refractivity contribution in [3.63, 3.8) is 0 Å². The number of hydrogen-bond acceptors (Lipinski definition) is 4. The van der Waals surface area contributed by atoms with Gasteiger partial charge in [-0.3, -0.25) is 14.4 Å². The molecule has 0 radical (unpaired) electrons. The first-order valence-corrected chi connectivity index (χ1v) is 9.63. The molecule has 0 atom stereocenters. The topological polar surface area (TPSA) is 80.2 Å². The van der Waals surface area contributed by atoms with Gasteiger partial charge >= 0.3 is 0 Å². The Morgan fingerprint density at radius 1 is 1.25 bits per heavy atom. The Balaban J connectivity index is 2.23. The lowest BCUT2D eigenvalue weighted by molar-refractivity contribution is -0.111. The van der Waals surface area contributed by atoms with Crippen molar-refractivity contribution < 1.29 is 9.59 Å². The van der Waals surface area contributed by atoms with Crippen molar-refractivity contribution in [1.29, 1.82) is 0 Å². The number of carbonyl (C=O) groups is 2. The zero-order valence-corrected chi connectivity index (χ0v) is 16.8. The van der Waals surface area contributed by atoms with Gasteiger partial charge in [-0.15, -0.1) is 11.3 Å². The highest BCUT2D eigenvalue weighted by Gasteiger charge is 2.17. The maximum atomic E-state index is 12.6. The molecule has 0 saturated carbocycles. The van der Waals surface area contributed by atoms with Crippen molar-refractivity contribution in [3.05, 3.63) is 63.9 Å². The molecule has 7 heteroatoms. The molecule has 3 aromatic rings. The molecule has 2 aromatic heterocycles. The van der Waals surface area contributed by atoms with Crippen LogP contribution in [-0.2, 0) is 11.8 Å². The molecule has 0 aliphatic heterocycles. The summed E-state index contributed by atoms with van der Waals surface area (Å²) < 4.78 is 2.05. The standard InChI is InChI=1S/C21H21N3O3S/c1-5-18(25)23-13-8-7-12(3)14(9-13)16-11-24(4)21(27)19-15(16)10-17(28-19)20(26)22-6-2/h5,7-11H,1,6H2,2-4H3,(H,22,26)(H,23,25). The van der Waals surface area contributed by atoms with Gasteiger partial charge in [0.2, 0.25) is 5.91 Å². The highest BCUT2D eigenvalue weighted by molar-refractivity contribution is 7.20. The third kappa shape index (κ3) is 3.61. The molecule has 0 spiro atoms. The number of fused-ring (bicyclic) bond motifs is 1. The van der Waals surface area contributed by atoms with Crippen LogP contribution in [-0.4, -0.2) is 22.9 Å². The minimum absolute atomic E-state index is 0.145. The highest BCUT2D eigenvalue weighted by atomic mass is 32.1. The van der Waals surface area contributed by atoms with Gasteiger partial charge in [-0.25, -0.2) is 0 Å². The van der Waals surface area contributed by atoms with E-state index in [0.717, 1.165) is 22.1 Å². The van der Waals surface area contributed by atoms with E-state index in [1.807, 2.05) is 32.0 Å². The van der Waals surface area contributed by atoms with Crippen LogP contribution in [0.1, 0.15) is 22.2 Å². The van der Waals surface area contributed by atoms with Gasteiger partial charge in [-0.05, 0) is 49.2 Å². The number of amides is 2. The Morgan fingerprint density at radius 3 is 2.68 bits per heavy atom. The summed E-state index contributed by atoms with van der Waals surface area (Å²) in [5.74, 6) is -0.491. The molecule has 0 fully saturated rings. The molecule has 1 aromatic carbocycles. The quantitative estimate of drug-likeness (QED) is 0.650. The second-order valence-electron chi connectivity index (χ2n) is 6.39. The fourth-order valence-corrected chi connectivity index (χ4v) is 4.06. The molecule has 144 valence electrons. The summed E-state index contributed by atoms with van der Waals surface area (Å²) in [4.78, 5) is 37.0. The third-order valence-corrected chi connectivity index (χ3v) is 5.52. The van der Waals surface area contributed by atoms with E-state index in [-0.39, 0.29) is 17.4 Å². The average Bonchev–Trinajstić information content (AvgIpc) is 3.12. The number of nitrogens with zero attached hydrogens (tertiary/aromatic N) is 1. The smallest absolute Gasteiger partial charge is 0.268 e. The van der Waals surface area contributed by atoms with Gasteiger partial charge in [-0.1, -0.05) is 12.6 Å². The number of thiophene rings is 1. The van der Waals surface area contributed by atoms with Crippen LogP contribution in [0.2, 0.25) is 0 Å². The minimum atomic E-state index is -0.297. The van der Waals surface area contributed by atoms with Crippen LogP contribution in [0.25, 0.3) is 21.2 Å². The van der Waals surface area contributed by atoms with Crippen molar-refractivity contribution >= 4 is 38.9 Å². The molecule has 28 heavy (non-hydrogen) atoms. The van der Waals surface area contributed by atoms with Crippen LogP contribution in [0.5, 0.6) is 0 Å². The molecule has 6 nitrogen and oxygen atoms in total. The molecular formula is C21H21N3O3S. The number of hydrogen-bond donors (Lipinski definition) is 2. The molecule has 0 saturated heterocycles. The fourth-order valence-electron chi connectivity index (χ4n) is 2.99. The van der Waals surface area contributed by atoms with Gasteiger partial charge in [0.1, 0.15) is 4.70 Å². The molecule has 2 N–H and O–H groups in total. The zero-order valence-electron chi connectivity index (χ0n) is 16.0. The second-order valence-corrected chi connectivity index (χ2v) is 7.45. The Labute approximate surface area is 166 Å². The van der Waals surface area contributed by atoms with Gasteiger partial charge in [0.05, 0.1) is 4.88 Å². The lowest BCUT2D eigenvalue weighted by atomic mass is 9.98. The summed E-state index contributed by atoms with van der Waals surface area (Å²) in [5.41, 5.74) is 3.18. The zero-order chi connectivity index (χ0) is 20.4. The number of aryl methyl sites for hydroxylation is 2. The maximum absolute atomic E-state index is 12.6. The number of pyridine rings is 1. The van der Waals surface area contributed by atoms with Crippen molar-refractivity contribution in [2.24, 2.45) is 7.05 Å². The predicted molar refractivity (Wildman–Crippen MR) is 114 cm³/mol. The van der Waals surface area contributed by atoms with Crippen LogP contribution in [0.3, 0.4) is 0 Å². The fraction of sp³-hybridized carbons (Fsp3) is 0.190. The molecular weight excluding hydrogens is 374 g/mol. The van der Waals surface area contributed by atoms with E-state index in [4.69, 9.17) is 0 Å². The SMILES string of the molecule is C=CC(=O)Nc1ccc(C)c(-c2cn(C)c(=O)c3sc(C(=O)NCC)cc23)c1. The van der Waals surface area contributed by atoms with Gasteiger partial charge in [0.15, 0.2) is 0 Å². The Morgan fingerprint density at radius 2 is 2.00 bits per heavy atom. The lowest BCUT2D eigenvalue weighted by Crippen LogP contribution is -2.21. The van der Waals surface area contributed by atoms with E-state index in [1.165, 1.54) is 22.0 Å². The molecule has 0 aliphatic carbocycles. The van der Waals surface area contributed by atoms with Crippen LogP contribution in [0.15, 0.2) is 47.9 Å². The van der Waals surface area contributed by atoms with Crippen LogP contribution in [0.4, 0.5) is 5.69 Å². The second kappa shape index (κ2) is 7.82. The Bertz CT molecular complexity index is 1160. The van der Waals surface area contributed by atoms with Crippen LogP contribution < -0.4 is 16.2 Å². The first-order chi connectivity index (χ1) is 13.3. The Hall–Kier alpha value is -3.19. The first kappa shape index (κ1) is 19.6. The number of nitrogens with one attached hydrogen (secondary N) is 2. The minimum Gasteiger partial charge on any atom is -0.352 e. The van der Waals surface area contributed by atoms with Gasteiger partial charge in [0.25, 0.3) is 11.5 Å². The van der Waals surface area contributed by atoms with Gasteiger partial charge < -0.3 is 15.2 Å². The van der Waals surface area contributed by atoms with Crippen molar-refractivity contribution in [3.8, 4) is 11.1 Å². The van der Waals surface area contributed by atoms with Crippen LogP contribution >= 0.6 is 11.3 Å². The summed E-state index contributed by atoms with van der Waals surface area (Å²) >= 11 is 1.19. The predicted octanol–water partition coefficient (Wildman–Crippen LogP) is 3.45. The molecule has 0 aliphatic rings. The van der Waals surface area contributed by atoms with E-state index in [0.29, 0.717) is 21.8 Å². The number of benzene rings is 1. The molecule has 3 rings (SSSR count). The number of rotatable bonds is 5. The van der Waals surface area contributed by atoms with Crippen molar-refractivity contribution in [2.75, 3.05) is 11.9 Å². The number of anilines is 1. The van der Waals surface area contributed by atoms with Gasteiger partial charge in [0, 0.05) is 36.4 Å². The van der Waals surface area contributed by atoms with Gasteiger partial charge in [-0.2, -0.15) is 0 Å². The maximum Gasteiger partial charge on any atom is 0.268 e. The summed E-state index contributed by atoms with van der Waals surface area (Å²) in [6.45, 7) is 7.79. The average molecular weight is 395 g/mol. The molecule has 2 amide bonds. The van der Waals surface area contributed by atoms with E-state index in [1.54, 1.807) is 19.3 Å². The summed E-state index contributed by atoms with van der Waals surface area (Å²) in [7, 11) is 1.69. The highest BCUT2D eigenvalue weighted by Crippen LogP contribution is 2.35. The normalized spacial score (nSPS) is 10.7. The van der Waals surface area contributed by atoms with Crippen molar-refractivity contribution in [2.45, 2.75) is 13.8 Å². The third-order valence-electron chi connectivity index (χ3n) is 4.40. The lowest BCUT2D eigenvalue weighted by Gasteiger charge is -2.12. The number of aromatic nitrogens is 1. The van der Waals surface area contributed by atoms with Crippen molar-refractivity contribution in [1.82, 2.24) is 9.88 Å². The van der Waals surface area contributed by atoms with Crippen LogP contribution in [0, 0.1) is 6.92 Å². The first-order valence-electron chi connectivity index (χ1n) is 8.81. The largest absolute Gasteiger partial charge is 0.352 e. The molecule has 0 unspecified atom stereocenters. The Kier molecular flexibility index (Phi) is 5.46. The summed E-state index contributed by atoms with van der Waals surface area (Å²) in [5, 5.41) is 6.25.